The number of amides is 1. The molecule has 1 fully saturated rings. The third kappa shape index (κ3) is 3.26. The van der Waals surface area contributed by atoms with Gasteiger partial charge in [-0.2, -0.15) is 0 Å². The Kier molecular flexibility index (Phi) is 4.91. The zero-order chi connectivity index (χ0) is 14.7. The molecule has 1 heterocycles. The van der Waals surface area contributed by atoms with Crippen LogP contribution in [0.4, 0.5) is 0 Å². The van der Waals surface area contributed by atoms with Crippen LogP contribution in [0.1, 0.15) is 10.4 Å². The minimum absolute atomic E-state index is 0.0357. The standard InChI is InChI=1S/C13H14ClNO4S/c1-20-8-2-3-10(14)9(6-8)12(16)15-4-5-19-11(7-15)13(17)18/h2-3,6,11H,4-5,7H2,1H3,(H,17,18). The summed E-state index contributed by atoms with van der Waals surface area (Å²) < 4.78 is 5.10. The van der Waals surface area contributed by atoms with Crippen LogP contribution in [-0.4, -0.2) is 53.9 Å². The van der Waals surface area contributed by atoms with Crippen LogP contribution >= 0.6 is 23.4 Å². The number of carboxylic acid groups (broad SMARTS) is 1. The van der Waals surface area contributed by atoms with Crippen LogP contribution < -0.4 is 0 Å². The molecule has 1 amide bonds. The molecule has 1 aliphatic rings. The van der Waals surface area contributed by atoms with Crippen LogP contribution in [0.25, 0.3) is 0 Å². The van der Waals surface area contributed by atoms with Gasteiger partial charge in [0.1, 0.15) is 0 Å². The molecule has 1 unspecified atom stereocenters. The Morgan fingerprint density at radius 2 is 2.25 bits per heavy atom. The molecule has 0 aromatic heterocycles. The number of hydrogen-bond acceptors (Lipinski definition) is 4. The number of morpholine rings is 1. The predicted molar refractivity (Wildman–Crippen MR) is 76.5 cm³/mol. The molecule has 108 valence electrons. The zero-order valence-electron chi connectivity index (χ0n) is 10.8. The highest BCUT2D eigenvalue weighted by molar-refractivity contribution is 7.98. The van der Waals surface area contributed by atoms with Crippen molar-refractivity contribution in [1.82, 2.24) is 4.90 Å². The van der Waals surface area contributed by atoms with Gasteiger partial charge in [0, 0.05) is 11.4 Å². The van der Waals surface area contributed by atoms with Crippen molar-refractivity contribution in [2.45, 2.75) is 11.0 Å². The number of thioether (sulfide) groups is 1. The van der Waals surface area contributed by atoms with Crippen LogP contribution in [0.5, 0.6) is 0 Å². The Bertz CT molecular complexity index is 537. The molecular formula is C13H14ClNO4S. The maximum Gasteiger partial charge on any atom is 0.334 e. The highest BCUT2D eigenvalue weighted by Gasteiger charge is 2.30. The Labute approximate surface area is 125 Å². The predicted octanol–water partition coefficient (Wildman–Crippen LogP) is 1.99. The first-order valence-electron chi connectivity index (χ1n) is 6.00. The lowest BCUT2D eigenvalue weighted by Crippen LogP contribution is -2.48. The number of carbonyl (C=O) groups excluding carboxylic acids is 1. The molecule has 7 heteroatoms. The van der Waals surface area contributed by atoms with E-state index in [0.29, 0.717) is 17.1 Å². The van der Waals surface area contributed by atoms with E-state index in [-0.39, 0.29) is 19.1 Å². The Morgan fingerprint density at radius 3 is 2.90 bits per heavy atom. The Hall–Kier alpha value is -1.24. The number of hydrogen-bond donors (Lipinski definition) is 1. The molecule has 5 nitrogen and oxygen atoms in total. The van der Waals surface area contributed by atoms with Gasteiger partial charge < -0.3 is 14.7 Å². The molecule has 0 radical (unpaired) electrons. The van der Waals surface area contributed by atoms with E-state index in [4.69, 9.17) is 21.4 Å². The van der Waals surface area contributed by atoms with E-state index in [0.717, 1.165) is 4.90 Å². The van der Waals surface area contributed by atoms with Gasteiger partial charge in [0.25, 0.3) is 5.91 Å². The summed E-state index contributed by atoms with van der Waals surface area (Å²) in [4.78, 5) is 25.8. The highest BCUT2D eigenvalue weighted by Crippen LogP contribution is 2.24. The second kappa shape index (κ2) is 6.47. The molecule has 1 aromatic carbocycles. The second-order valence-corrected chi connectivity index (χ2v) is 5.58. The summed E-state index contributed by atoms with van der Waals surface area (Å²) in [5.74, 6) is -1.33. The van der Waals surface area contributed by atoms with E-state index in [2.05, 4.69) is 0 Å². The fourth-order valence-electron chi connectivity index (χ4n) is 1.95. The summed E-state index contributed by atoms with van der Waals surface area (Å²) in [5, 5.41) is 9.32. The van der Waals surface area contributed by atoms with E-state index in [1.807, 2.05) is 12.3 Å². The van der Waals surface area contributed by atoms with Gasteiger partial charge in [0.05, 0.1) is 23.7 Å². The summed E-state index contributed by atoms with van der Waals surface area (Å²) >= 11 is 7.57. The average Bonchev–Trinajstić information content (AvgIpc) is 2.47. The number of rotatable bonds is 3. The fourth-order valence-corrected chi connectivity index (χ4v) is 2.59. The smallest absolute Gasteiger partial charge is 0.334 e. The maximum atomic E-state index is 12.4. The van der Waals surface area contributed by atoms with E-state index in [1.54, 1.807) is 12.1 Å². The molecule has 2 rings (SSSR count). The molecule has 1 aromatic rings. The Balaban J connectivity index is 2.20. The van der Waals surface area contributed by atoms with Gasteiger partial charge in [-0.1, -0.05) is 11.6 Å². The van der Waals surface area contributed by atoms with Gasteiger partial charge in [0.15, 0.2) is 6.10 Å². The van der Waals surface area contributed by atoms with Crippen LogP contribution in [0.2, 0.25) is 5.02 Å². The molecule has 1 atom stereocenters. The van der Waals surface area contributed by atoms with Crippen molar-refractivity contribution < 1.29 is 19.4 Å². The summed E-state index contributed by atoms with van der Waals surface area (Å²) in [6.45, 7) is 0.610. The fraction of sp³-hybridized carbons (Fsp3) is 0.385. The molecule has 20 heavy (non-hydrogen) atoms. The van der Waals surface area contributed by atoms with E-state index in [9.17, 15) is 9.59 Å². The van der Waals surface area contributed by atoms with Crippen molar-refractivity contribution in [3.8, 4) is 0 Å². The van der Waals surface area contributed by atoms with Crippen molar-refractivity contribution in [1.29, 1.82) is 0 Å². The van der Waals surface area contributed by atoms with Crippen LogP contribution in [0, 0.1) is 0 Å². The summed E-state index contributed by atoms with van der Waals surface area (Å²) in [6, 6.07) is 5.24. The molecule has 1 saturated heterocycles. The third-order valence-corrected chi connectivity index (χ3v) is 4.09. The maximum absolute atomic E-state index is 12.4. The van der Waals surface area contributed by atoms with Gasteiger partial charge in [-0.05, 0) is 24.5 Å². The quantitative estimate of drug-likeness (QED) is 0.864. The molecule has 0 bridgehead atoms. The first-order valence-corrected chi connectivity index (χ1v) is 7.60. The summed E-state index contributed by atoms with van der Waals surface area (Å²) in [7, 11) is 0. The number of carboxylic acids is 1. The number of aliphatic carboxylic acids is 1. The minimum Gasteiger partial charge on any atom is -0.479 e. The van der Waals surface area contributed by atoms with Crippen molar-refractivity contribution in [3.63, 3.8) is 0 Å². The van der Waals surface area contributed by atoms with Gasteiger partial charge in [0.2, 0.25) is 0 Å². The summed E-state index contributed by atoms with van der Waals surface area (Å²) in [5.41, 5.74) is 0.393. The first kappa shape index (κ1) is 15.2. The van der Waals surface area contributed by atoms with Crippen molar-refractivity contribution in [3.05, 3.63) is 28.8 Å². The molecule has 0 saturated carbocycles. The number of ether oxygens (including phenoxy) is 1. The molecule has 1 aliphatic heterocycles. The van der Waals surface area contributed by atoms with Crippen LogP contribution in [0.15, 0.2) is 23.1 Å². The van der Waals surface area contributed by atoms with Crippen LogP contribution in [-0.2, 0) is 9.53 Å². The molecule has 1 N–H and O–H groups in total. The minimum atomic E-state index is -1.06. The largest absolute Gasteiger partial charge is 0.479 e. The molecule has 0 spiro atoms. The van der Waals surface area contributed by atoms with E-state index >= 15 is 0 Å². The monoisotopic (exact) mass is 315 g/mol. The first-order chi connectivity index (χ1) is 9.52. The lowest BCUT2D eigenvalue weighted by Gasteiger charge is -2.31. The number of carbonyl (C=O) groups is 2. The highest BCUT2D eigenvalue weighted by atomic mass is 35.5. The third-order valence-electron chi connectivity index (χ3n) is 3.03. The number of halogens is 1. The van der Waals surface area contributed by atoms with Crippen molar-refractivity contribution in [2.24, 2.45) is 0 Å². The normalized spacial score (nSPS) is 18.9. The lowest BCUT2D eigenvalue weighted by atomic mass is 10.1. The zero-order valence-corrected chi connectivity index (χ0v) is 12.4. The average molecular weight is 316 g/mol. The number of benzene rings is 1. The van der Waals surface area contributed by atoms with Crippen molar-refractivity contribution >= 4 is 35.2 Å². The van der Waals surface area contributed by atoms with Gasteiger partial charge in [-0.3, -0.25) is 4.79 Å². The van der Waals surface area contributed by atoms with Gasteiger partial charge in [-0.15, -0.1) is 11.8 Å². The van der Waals surface area contributed by atoms with Gasteiger partial charge >= 0.3 is 5.97 Å². The van der Waals surface area contributed by atoms with E-state index < -0.39 is 12.1 Å². The van der Waals surface area contributed by atoms with Crippen LogP contribution in [0.3, 0.4) is 0 Å². The van der Waals surface area contributed by atoms with Gasteiger partial charge in [-0.25, -0.2) is 4.79 Å². The van der Waals surface area contributed by atoms with E-state index in [1.165, 1.54) is 16.7 Å². The molecular weight excluding hydrogens is 302 g/mol. The molecule has 0 aliphatic carbocycles. The number of nitrogens with zero attached hydrogens (tertiary/aromatic N) is 1. The van der Waals surface area contributed by atoms with Crippen molar-refractivity contribution in [2.75, 3.05) is 26.0 Å². The topological polar surface area (TPSA) is 66.8 Å². The SMILES string of the molecule is CSc1ccc(Cl)c(C(=O)N2CCOC(C(=O)O)C2)c1. The Morgan fingerprint density at radius 1 is 1.50 bits per heavy atom. The second-order valence-electron chi connectivity index (χ2n) is 4.29. The lowest BCUT2D eigenvalue weighted by molar-refractivity contribution is -0.154. The summed E-state index contributed by atoms with van der Waals surface area (Å²) in [6.07, 6.45) is 0.933.